The molecule has 13 heavy (non-hydrogen) atoms. The molecule has 0 spiro atoms. The fraction of sp³-hybridized carbons (Fsp3) is 1.00. The van der Waals surface area contributed by atoms with E-state index in [-0.39, 0.29) is 5.41 Å². The minimum atomic E-state index is -0.683. The quantitative estimate of drug-likeness (QED) is 0.501. The SMILES string of the molecule is COC([Si])(OC)C(C)(C)CC(C)C. The van der Waals surface area contributed by atoms with Gasteiger partial charge in [-0.15, -0.1) is 0 Å². The van der Waals surface area contributed by atoms with E-state index in [1.54, 1.807) is 14.2 Å². The third kappa shape index (κ3) is 3.08. The Labute approximate surface area is 85.4 Å². The Morgan fingerprint density at radius 1 is 1.15 bits per heavy atom. The summed E-state index contributed by atoms with van der Waals surface area (Å²) < 4.78 is 10.7. The van der Waals surface area contributed by atoms with E-state index in [1.165, 1.54) is 0 Å². The fourth-order valence-corrected chi connectivity index (χ4v) is 1.89. The Kier molecular flexibility index (Phi) is 4.62. The summed E-state index contributed by atoms with van der Waals surface area (Å²) >= 11 is 0. The molecule has 0 aromatic heterocycles. The monoisotopic (exact) mass is 201 g/mol. The minimum Gasteiger partial charge on any atom is -0.357 e. The van der Waals surface area contributed by atoms with E-state index in [1.807, 2.05) is 0 Å². The summed E-state index contributed by atoms with van der Waals surface area (Å²) in [5.74, 6) is 0.621. The second-order valence-electron chi connectivity index (χ2n) is 4.51. The molecule has 0 aliphatic carbocycles. The lowest BCUT2D eigenvalue weighted by molar-refractivity contribution is -0.210. The molecule has 0 bridgehead atoms. The highest BCUT2D eigenvalue weighted by Gasteiger charge is 2.41. The van der Waals surface area contributed by atoms with Gasteiger partial charge in [-0.05, 0) is 12.3 Å². The molecule has 0 saturated heterocycles. The predicted octanol–water partition coefficient (Wildman–Crippen LogP) is 2.17. The molecule has 0 aliphatic heterocycles. The smallest absolute Gasteiger partial charge is 0.148 e. The molecule has 0 fully saturated rings. The molecular formula is C10H21O2Si. The highest BCUT2D eigenvalue weighted by Crippen LogP contribution is 2.37. The van der Waals surface area contributed by atoms with Crippen LogP contribution in [0, 0.1) is 11.3 Å². The van der Waals surface area contributed by atoms with Gasteiger partial charge in [0, 0.05) is 19.6 Å². The van der Waals surface area contributed by atoms with E-state index < -0.39 is 5.41 Å². The van der Waals surface area contributed by atoms with Gasteiger partial charge in [0.15, 0.2) is 0 Å². The molecule has 0 rings (SSSR count). The first-order valence-electron chi connectivity index (χ1n) is 4.64. The summed E-state index contributed by atoms with van der Waals surface area (Å²) in [5.41, 5.74) is -0.737. The van der Waals surface area contributed by atoms with Crippen LogP contribution >= 0.6 is 0 Å². The van der Waals surface area contributed by atoms with Crippen molar-refractivity contribution >= 4 is 10.2 Å². The first-order valence-corrected chi connectivity index (χ1v) is 5.14. The third-order valence-corrected chi connectivity index (χ3v) is 3.47. The lowest BCUT2D eigenvalue weighted by atomic mass is 9.82. The first kappa shape index (κ1) is 13.1. The van der Waals surface area contributed by atoms with Crippen molar-refractivity contribution in [1.82, 2.24) is 0 Å². The Hall–Kier alpha value is 0.137. The summed E-state index contributed by atoms with van der Waals surface area (Å²) in [7, 11) is 6.85. The number of rotatable bonds is 5. The third-order valence-electron chi connectivity index (χ3n) is 2.38. The minimum absolute atomic E-state index is 0.0540. The van der Waals surface area contributed by atoms with E-state index in [0.717, 1.165) is 6.42 Å². The average molecular weight is 201 g/mol. The van der Waals surface area contributed by atoms with Crippen molar-refractivity contribution < 1.29 is 9.47 Å². The van der Waals surface area contributed by atoms with E-state index in [2.05, 4.69) is 37.9 Å². The Morgan fingerprint density at radius 3 is 1.77 bits per heavy atom. The molecule has 0 aromatic carbocycles. The number of methoxy groups -OCH3 is 2. The zero-order valence-electron chi connectivity index (χ0n) is 9.60. The van der Waals surface area contributed by atoms with E-state index in [9.17, 15) is 0 Å². The van der Waals surface area contributed by atoms with Crippen molar-refractivity contribution in [3.63, 3.8) is 0 Å². The van der Waals surface area contributed by atoms with Crippen LogP contribution in [-0.4, -0.2) is 29.9 Å². The van der Waals surface area contributed by atoms with Gasteiger partial charge >= 0.3 is 0 Å². The summed E-state index contributed by atoms with van der Waals surface area (Å²) in [6.45, 7) is 8.65. The molecule has 0 heterocycles. The van der Waals surface area contributed by atoms with Crippen LogP contribution in [0.5, 0.6) is 0 Å². The predicted molar refractivity (Wildman–Crippen MR) is 55.7 cm³/mol. The highest BCUT2D eigenvalue weighted by atomic mass is 28.1. The second-order valence-corrected chi connectivity index (χ2v) is 5.16. The van der Waals surface area contributed by atoms with Crippen LogP contribution in [0.4, 0.5) is 0 Å². The average Bonchev–Trinajstić information content (AvgIpc) is 2.00. The van der Waals surface area contributed by atoms with Crippen LogP contribution in [0.15, 0.2) is 0 Å². The van der Waals surface area contributed by atoms with Crippen LogP contribution in [0.3, 0.4) is 0 Å². The van der Waals surface area contributed by atoms with Gasteiger partial charge in [-0.1, -0.05) is 27.7 Å². The van der Waals surface area contributed by atoms with Crippen molar-refractivity contribution in [2.24, 2.45) is 11.3 Å². The van der Waals surface area contributed by atoms with E-state index in [4.69, 9.17) is 9.47 Å². The van der Waals surface area contributed by atoms with Gasteiger partial charge in [0.05, 0.1) is 0 Å². The normalized spacial score (nSPS) is 13.8. The number of hydrogen-bond donors (Lipinski definition) is 0. The van der Waals surface area contributed by atoms with E-state index >= 15 is 0 Å². The molecule has 0 aliphatic rings. The summed E-state index contributed by atoms with van der Waals surface area (Å²) in [6.07, 6.45) is 1.04. The van der Waals surface area contributed by atoms with Gasteiger partial charge in [0.25, 0.3) is 0 Å². The fourth-order valence-electron chi connectivity index (χ4n) is 1.79. The summed E-state index contributed by atoms with van der Waals surface area (Å²) in [6, 6.07) is 0. The maximum atomic E-state index is 5.34. The topological polar surface area (TPSA) is 18.5 Å². The summed E-state index contributed by atoms with van der Waals surface area (Å²) in [4.78, 5) is 0. The van der Waals surface area contributed by atoms with Crippen molar-refractivity contribution in [2.45, 2.75) is 39.5 Å². The van der Waals surface area contributed by atoms with Crippen molar-refractivity contribution in [1.29, 1.82) is 0 Å². The first-order chi connectivity index (χ1) is 5.79. The van der Waals surface area contributed by atoms with Gasteiger partial charge in [-0.3, -0.25) is 0 Å². The van der Waals surface area contributed by atoms with Crippen LogP contribution in [-0.2, 0) is 9.47 Å². The highest BCUT2D eigenvalue weighted by molar-refractivity contribution is 6.14. The molecule has 0 unspecified atom stereocenters. The largest absolute Gasteiger partial charge is 0.357 e. The lowest BCUT2D eigenvalue weighted by Crippen LogP contribution is -2.49. The summed E-state index contributed by atoms with van der Waals surface area (Å²) in [5, 5.41) is 0. The van der Waals surface area contributed by atoms with E-state index in [0.29, 0.717) is 5.92 Å². The molecule has 0 N–H and O–H groups in total. The van der Waals surface area contributed by atoms with Gasteiger partial charge < -0.3 is 9.47 Å². The Balaban J connectivity index is 4.56. The van der Waals surface area contributed by atoms with Gasteiger partial charge in [-0.25, -0.2) is 0 Å². The maximum absolute atomic E-state index is 5.34. The van der Waals surface area contributed by atoms with Crippen LogP contribution < -0.4 is 0 Å². The zero-order valence-corrected chi connectivity index (χ0v) is 10.6. The molecule has 0 amide bonds. The van der Waals surface area contributed by atoms with Gasteiger partial charge in [-0.2, -0.15) is 0 Å². The molecule has 2 nitrogen and oxygen atoms in total. The number of hydrogen-bond acceptors (Lipinski definition) is 2. The van der Waals surface area contributed by atoms with Gasteiger partial charge in [0.1, 0.15) is 15.7 Å². The molecule has 0 aromatic rings. The van der Waals surface area contributed by atoms with Crippen molar-refractivity contribution in [3.8, 4) is 0 Å². The molecule has 0 atom stereocenters. The van der Waals surface area contributed by atoms with Crippen LogP contribution in [0.2, 0.25) is 0 Å². The molecule has 77 valence electrons. The van der Waals surface area contributed by atoms with Crippen molar-refractivity contribution in [3.05, 3.63) is 0 Å². The molecule has 3 radical (unpaired) electrons. The van der Waals surface area contributed by atoms with Crippen molar-refractivity contribution in [2.75, 3.05) is 14.2 Å². The van der Waals surface area contributed by atoms with Crippen LogP contribution in [0.1, 0.15) is 34.1 Å². The lowest BCUT2D eigenvalue weighted by Gasteiger charge is -2.43. The van der Waals surface area contributed by atoms with Gasteiger partial charge in [0.2, 0.25) is 0 Å². The molecule has 0 saturated carbocycles. The maximum Gasteiger partial charge on any atom is 0.148 e. The second kappa shape index (κ2) is 4.58. The Morgan fingerprint density at radius 2 is 1.54 bits per heavy atom. The molecular weight excluding hydrogens is 180 g/mol. The Bertz CT molecular complexity index is 151. The number of ether oxygens (including phenoxy) is 2. The zero-order chi connectivity index (χ0) is 10.7. The van der Waals surface area contributed by atoms with Crippen LogP contribution in [0.25, 0.3) is 0 Å². The standard InChI is InChI=1S/C10H21O2Si/c1-8(2)7-9(3,4)10(13,11-5)12-6/h8H,7H2,1-6H3. The molecule has 3 heteroatoms.